The summed E-state index contributed by atoms with van der Waals surface area (Å²) in [7, 11) is 0. The van der Waals surface area contributed by atoms with E-state index < -0.39 is 0 Å². The number of hydrogen-bond acceptors (Lipinski definition) is 2. The molecule has 0 amide bonds. The summed E-state index contributed by atoms with van der Waals surface area (Å²) >= 11 is 0. The fraction of sp³-hybridized carbons (Fsp3) is 0.143. The lowest BCUT2D eigenvalue weighted by atomic mass is 9.91. The summed E-state index contributed by atoms with van der Waals surface area (Å²) in [4.78, 5) is 15.8. The van der Waals surface area contributed by atoms with Crippen molar-refractivity contribution < 1.29 is 0 Å². The number of aryl methyl sites for hydroxylation is 1. The van der Waals surface area contributed by atoms with Gasteiger partial charge in [-0.25, -0.2) is 9.97 Å². The first kappa shape index (κ1) is 18.8. The highest BCUT2D eigenvalue weighted by Crippen LogP contribution is 2.38. The van der Waals surface area contributed by atoms with E-state index in [1.54, 1.807) is 0 Å². The third-order valence-corrected chi connectivity index (χ3v) is 6.30. The van der Waals surface area contributed by atoms with E-state index >= 15 is 0 Å². The number of aromatic nitrogens is 4. The largest absolute Gasteiger partial charge is 0.342 e. The average molecular weight is 417 g/mol. The van der Waals surface area contributed by atoms with Crippen LogP contribution in [0.4, 0.5) is 0 Å². The van der Waals surface area contributed by atoms with Crippen LogP contribution in [0.3, 0.4) is 0 Å². The first-order valence-electron chi connectivity index (χ1n) is 11.0. The quantitative estimate of drug-likeness (QED) is 0.296. The van der Waals surface area contributed by atoms with Crippen molar-refractivity contribution in [3.05, 3.63) is 84.7 Å². The van der Waals surface area contributed by atoms with E-state index in [1.807, 2.05) is 19.3 Å². The van der Waals surface area contributed by atoms with Crippen LogP contribution in [0.2, 0.25) is 0 Å². The fourth-order valence-electron chi connectivity index (χ4n) is 4.64. The molecule has 156 valence electrons. The van der Waals surface area contributed by atoms with Gasteiger partial charge in [0.1, 0.15) is 11.6 Å². The zero-order chi connectivity index (χ0) is 21.8. The van der Waals surface area contributed by atoms with Crippen molar-refractivity contribution in [3.63, 3.8) is 0 Å². The molecule has 4 aromatic carbocycles. The molecule has 6 rings (SSSR count). The smallest absolute Gasteiger partial charge is 0.109 e. The van der Waals surface area contributed by atoms with Crippen LogP contribution in [-0.4, -0.2) is 19.9 Å². The van der Waals surface area contributed by atoms with Gasteiger partial charge in [0.15, 0.2) is 0 Å². The van der Waals surface area contributed by atoms with Crippen LogP contribution in [0, 0.1) is 6.92 Å². The molecular weight excluding hydrogens is 392 g/mol. The molecule has 6 aromatic rings. The van der Waals surface area contributed by atoms with Crippen molar-refractivity contribution >= 4 is 32.3 Å². The maximum atomic E-state index is 4.56. The highest BCUT2D eigenvalue weighted by molar-refractivity contribution is 6.26. The lowest BCUT2D eigenvalue weighted by molar-refractivity contribution is 0.795. The van der Waals surface area contributed by atoms with Gasteiger partial charge in [0.05, 0.1) is 23.8 Å². The molecular formula is C28H24N4. The minimum atomic E-state index is 0.377. The van der Waals surface area contributed by atoms with E-state index in [0.29, 0.717) is 5.92 Å². The van der Waals surface area contributed by atoms with Crippen molar-refractivity contribution in [1.82, 2.24) is 19.9 Å². The van der Waals surface area contributed by atoms with Crippen molar-refractivity contribution in [1.29, 1.82) is 0 Å². The molecule has 0 aliphatic heterocycles. The molecule has 4 heteroatoms. The molecule has 0 aliphatic rings. The second-order valence-corrected chi connectivity index (χ2v) is 8.79. The van der Waals surface area contributed by atoms with Gasteiger partial charge in [-0.05, 0) is 51.4 Å². The lowest BCUT2D eigenvalue weighted by Crippen LogP contribution is -1.89. The van der Waals surface area contributed by atoms with E-state index in [-0.39, 0.29) is 0 Å². The van der Waals surface area contributed by atoms with Gasteiger partial charge in [-0.15, -0.1) is 0 Å². The zero-order valence-electron chi connectivity index (χ0n) is 18.4. The number of rotatable bonds is 3. The summed E-state index contributed by atoms with van der Waals surface area (Å²) in [6.45, 7) is 6.29. The maximum absolute atomic E-state index is 4.56. The van der Waals surface area contributed by atoms with E-state index in [1.165, 1.54) is 32.3 Å². The second-order valence-electron chi connectivity index (χ2n) is 8.79. The number of hydrogen-bond donors (Lipinski definition) is 2. The van der Waals surface area contributed by atoms with Gasteiger partial charge >= 0.3 is 0 Å². The summed E-state index contributed by atoms with van der Waals surface area (Å²) in [5.41, 5.74) is 4.41. The minimum absolute atomic E-state index is 0.377. The van der Waals surface area contributed by atoms with Crippen LogP contribution in [0.15, 0.2) is 73.1 Å². The molecule has 0 spiro atoms. The molecule has 2 heterocycles. The summed E-state index contributed by atoms with van der Waals surface area (Å²) < 4.78 is 0. The number of fused-ring (bicyclic) bond motifs is 6. The number of nitrogens with one attached hydrogen (secondary N) is 2. The third-order valence-electron chi connectivity index (χ3n) is 6.30. The highest BCUT2D eigenvalue weighted by atomic mass is 14.9. The lowest BCUT2D eigenvalue weighted by Gasteiger charge is -2.12. The Bertz CT molecular complexity index is 1600. The van der Waals surface area contributed by atoms with E-state index in [0.717, 1.165) is 34.2 Å². The summed E-state index contributed by atoms with van der Waals surface area (Å²) in [5.74, 6) is 2.32. The molecule has 0 bridgehead atoms. The highest BCUT2D eigenvalue weighted by Gasteiger charge is 2.13. The minimum Gasteiger partial charge on any atom is -0.342 e. The van der Waals surface area contributed by atoms with Gasteiger partial charge < -0.3 is 9.97 Å². The Labute approximate surface area is 186 Å². The molecule has 0 saturated heterocycles. The number of H-pyrrole nitrogens is 2. The van der Waals surface area contributed by atoms with Crippen molar-refractivity contribution in [3.8, 4) is 22.5 Å². The van der Waals surface area contributed by atoms with Gasteiger partial charge in [-0.3, -0.25) is 0 Å². The van der Waals surface area contributed by atoms with Gasteiger partial charge in [-0.1, -0.05) is 62.4 Å². The summed E-state index contributed by atoms with van der Waals surface area (Å²) in [5, 5.41) is 7.57. The number of imidazole rings is 2. The Morgan fingerprint density at radius 3 is 1.66 bits per heavy atom. The molecule has 0 unspecified atom stereocenters. The van der Waals surface area contributed by atoms with Gasteiger partial charge in [-0.2, -0.15) is 0 Å². The van der Waals surface area contributed by atoms with Gasteiger partial charge in [0, 0.05) is 17.0 Å². The monoisotopic (exact) mass is 416 g/mol. The first-order valence-corrected chi connectivity index (χ1v) is 11.0. The Balaban J connectivity index is 1.62. The van der Waals surface area contributed by atoms with Crippen LogP contribution in [0.1, 0.15) is 31.4 Å². The third kappa shape index (κ3) is 2.91. The molecule has 0 aliphatic carbocycles. The van der Waals surface area contributed by atoms with Crippen LogP contribution in [0.25, 0.3) is 54.8 Å². The average Bonchev–Trinajstić information content (AvgIpc) is 3.48. The predicted molar refractivity (Wildman–Crippen MR) is 133 cm³/mol. The van der Waals surface area contributed by atoms with E-state index in [9.17, 15) is 0 Å². The van der Waals surface area contributed by atoms with Crippen molar-refractivity contribution in [2.45, 2.75) is 26.7 Å². The number of benzene rings is 4. The van der Waals surface area contributed by atoms with Crippen molar-refractivity contribution in [2.75, 3.05) is 0 Å². The normalized spacial score (nSPS) is 11.9. The molecule has 0 saturated carbocycles. The summed E-state index contributed by atoms with van der Waals surface area (Å²) in [6, 6.07) is 22.1. The topological polar surface area (TPSA) is 57.4 Å². The zero-order valence-corrected chi connectivity index (χ0v) is 18.4. The first-order chi connectivity index (χ1) is 15.6. The van der Waals surface area contributed by atoms with Crippen molar-refractivity contribution in [2.24, 2.45) is 0 Å². The Morgan fingerprint density at radius 2 is 1.16 bits per heavy atom. The van der Waals surface area contributed by atoms with Crippen LogP contribution in [0.5, 0.6) is 0 Å². The van der Waals surface area contributed by atoms with Gasteiger partial charge in [0.25, 0.3) is 0 Å². The maximum Gasteiger partial charge on any atom is 0.109 e. The predicted octanol–water partition coefficient (Wildman–Crippen LogP) is 7.36. The summed E-state index contributed by atoms with van der Waals surface area (Å²) in [6.07, 6.45) is 3.85. The Kier molecular flexibility index (Phi) is 4.15. The fourth-order valence-corrected chi connectivity index (χ4v) is 4.64. The molecule has 32 heavy (non-hydrogen) atoms. The molecule has 0 radical (unpaired) electrons. The van der Waals surface area contributed by atoms with Crippen LogP contribution < -0.4 is 0 Å². The molecule has 2 N–H and O–H groups in total. The molecule has 0 fully saturated rings. The molecule has 2 aromatic heterocycles. The molecule has 0 atom stereocenters. The molecule has 4 nitrogen and oxygen atoms in total. The number of aromatic amines is 2. The van der Waals surface area contributed by atoms with Crippen LogP contribution >= 0.6 is 0 Å². The standard InChI is InChI=1S/C28H24N4/c1-16(2)28-30-15-27(32-28)19-9-11-23-22-10-8-18(26-14-29-17(3)31-26)12-24(22)20-6-4-5-7-21(20)25(23)13-19/h4-16H,1-3H3,(H,29,31)(H,30,32). The Morgan fingerprint density at radius 1 is 0.625 bits per heavy atom. The van der Waals surface area contributed by atoms with Gasteiger partial charge in [0.2, 0.25) is 0 Å². The van der Waals surface area contributed by atoms with E-state index in [4.69, 9.17) is 0 Å². The van der Waals surface area contributed by atoms with E-state index in [2.05, 4.69) is 94.4 Å². The Hall–Kier alpha value is -3.92. The SMILES string of the molecule is Cc1ncc(-c2ccc3c4ccc(-c5cnc(C(C)C)[nH]5)cc4c4ccccc4c3c2)[nH]1. The van der Waals surface area contributed by atoms with Crippen LogP contribution in [-0.2, 0) is 0 Å². The second kappa shape index (κ2) is 7.06. The number of nitrogens with zero attached hydrogens (tertiary/aromatic N) is 2.